The van der Waals surface area contributed by atoms with Crippen LogP contribution >= 0.6 is 11.3 Å². The predicted octanol–water partition coefficient (Wildman–Crippen LogP) is 6.81. The zero-order chi connectivity index (χ0) is 17.8. The van der Waals surface area contributed by atoms with E-state index in [-0.39, 0.29) is 0 Å². The number of allylic oxidation sites excluding steroid dienone is 1. The first kappa shape index (κ1) is 16.0. The molecule has 4 aromatic rings. The van der Waals surface area contributed by atoms with Crippen LogP contribution in [0.4, 0.5) is 0 Å². The number of benzene rings is 1. The second-order valence-corrected chi connectivity index (χ2v) is 8.51. The van der Waals surface area contributed by atoms with E-state index in [0.717, 1.165) is 13.0 Å². The topological polar surface area (TPSA) is 20.7 Å². The molecule has 2 nitrogen and oxygen atoms in total. The van der Waals surface area contributed by atoms with E-state index in [1.165, 1.54) is 61.4 Å². The molecule has 3 heteroatoms. The molecule has 1 saturated carbocycles. The second kappa shape index (κ2) is 5.88. The van der Waals surface area contributed by atoms with Gasteiger partial charge in [-0.15, -0.1) is 11.3 Å². The first-order valence-corrected chi connectivity index (χ1v) is 10.4. The lowest BCUT2D eigenvalue weighted by molar-refractivity contribution is 0.685. The van der Waals surface area contributed by atoms with Gasteiger partial charge in [0.1, 0.15) is 4.83 Å². The van der Waals surface area contributed by atoms with Gasteiger partial charge in [0.2, 0.25) is 0 Å². The first-order chi connectivity index (χ1) is 12.7. The van der Waals surface area contributed by atoms with Crippen molar-refractivity contribution in [3.05, 3.63) is 63.8 Å². The van der Waals surface area contributed by atoms with Crippen LogP contribution in [0.3, 0.4) is 0 Å². The molecule has 1 fully saturated rings. The quantitative estimate of drug-likeness (QED) is 0.413. The van der Waals surface area contributed by atoms with Crippen LogP contribution in [-0.2, 0) is 6.54 Å². The summed E-state index contributed by atoms with van der Waals surface area (Å²) in [6, 6.07) is 13.6. The molecule has 1 aliphatic carbocycles. The summed E-state index contributed by atoms with van der Waals surface area (Å²) in [5.74, 6) is 0. The molecule has 3 aromatic heterocycles. The number of aromatic amines is 1. The zero-order valence-corrected chi connectivity index (χ0v) is 16.5. The molecule has 0 aliphatic heterocycles. The summed E-state index contributed by atoms with van der Waals surface area (Å²) in [5.41, 5.74) is 8.61. The van der Waals surface area contributed by atoms with E-state index in [9.17, 15) is 0 Å². The highest BCUT2D eigenvalue weighted by molar-refractivity contribution is 7.19. The molecule has 3 heterocycles. The summed E-state index contributed by atoms with van der Waals surface area (Å²) in [7, 11) is 0. The number of para-hydroxylation sites is 1. The number of aryl methyl sites for hydroxylation is 2. The van der Waals surface area contributed by atoms with Gasteiger partial charge in [0.15, 0.2) is 0 Å². The molecule has 1 aliphatic rings. The van der Waals surface area contributed by atoms with Crippen molar-refractivity contribution in [1.29, 1.82) is 0 Å². The van der Waals surface area contributed by atoms with E-state index in [0.29, 0.717) is 0 Å². The Labute approximate surface area is 158 Å². The SMILES string of the molecule is CCCn1c(C)c(C(=C2CC2)c2cc3cc(C)[nH]c3s2)c2ccccc21. The number of nitrogens with one attached hydrogen (secondary N) is 1. The van der Waals surface area contributed by atoms with Crippen molar-refractivity contribution in [1.82, 2.24) is 9.55 Å². The number of fused-ring (bicyclic) bond motifs is 2. The van der Waals surface area contributed by atoms with Crippen LogP contribution in [0.2, 0.25) is 0 Å². The maximum absolute atomic E-state index is 3.51. The number of nitrogens with zero attached hydrogens (tertiary/aromatic N) is 1. The van der Waals surface area contributed by atoms with Gasteiger partial charge < -0.3 is 9.55 Å². The van der Waals surface area contributed by atoms with E-state index in [1.54, 1.807) is 5.57 Å². The van der Waals surface area contributed by atoms with Crippen LogP contribution in [0.25, 0.3) is 26.7 Å². The number of hydrogen-bond acceptors (Lipinski definition) is 1. The maximum Gasteiger partial charge on any atom is 0.100 e. The Hall–Kier alpha value is -2.26. The van der Waals surface area contributed by atoms with Crippen LogP contribution < -0.4 is 0 Å². The fourth-order valence-corrected chi connectivity index (χ4v) is 5.43. The number of hydrogen-bond donors (Lipinski definition) is 1. The number of aromatic nitrogens is 2. The monoisotopic (exact) mass is 360 g/mol. The average Bonchev–Trinajstić information content (AvgIpc) is 3.22. The van der Waals surface area contributed by atoms with E-state index in [2.05, 4.69) is 66.7 Å². The molecule has 132 valence electrons. The van der Waals surface area contributed by atoms with Gasteiger partial charge in [-0.3, -0.25) is 0 Å². The molecular formula is C23H24N2S. The third kappa shape index (κ3) is 2.38. The number of thiophene rings is 1. The summed E-state index contributed by atoms with van der Waals surface area (Å²) in [4.78, 5) is 6.23. The molecular weight excluding hydrogens is 336 g/mol. The van der Waals surface area contributed by atoms with Gasteiger partial charge in [0.25, 0.3) is 0 Å². The van der Waals surface area contributed by atoms with Gasteiger partial charge in [0.05, 0.1) is 0 Å². The Bertz CT molecular complexity index is 1130. The Morgan fingerprint density at radius 2 is 1.96 bits per heavy atom. The highest BCUT2D eigenvalue weighted by Crippen LogP contribution is 2.47. The van der Waals surface area contributed by atoms with Gasteiger partial charge >= 0.3 is 0 Å². The van der Waals surface area contributed by atoms with Crippen LogP contribution in [0, 0.1) is 13.8 Å². The van der Waals surface area contributed by atoms with Crippen molar-refractivity contribution in [3.8, 4) is 0 Å². The lowest BCUT2D eigenvalue weighted by Crippen LogP contribution is -1.99. The smallest absolute Gasteiger partial charge is 0.100 e. The molecule has 0 atom stereocenters. The summed E-state index contributed by atoms with van der Waals surface area (Å²) < 4.78 is 2.51. The highest BCUT2D eigenvalue weighted by Gasteiger charge is 2.26. The molecule has 0 unspecified atom stereocenters. The molecule has 26 heavy (non-hydrogen) atoms. The molecule has 0 spiro atoms. The average molecular weight is 361 g/mol. The van der Waals surface area contributed by atoms with E-state index >= 15 is 0 Å². The van der Waals surface area contributed by atoms with Gasteiger partial charge in [0, 0.05) is 50.2 Å². The number of H-pyrrole nitrogens is 1. The molecule has 0 radical (unpaired) electrons. The Kier molecular flexibility index (Phi) is 3.61. The third-order valence-corrected chi connectivity index (χ3v) is 6.56. The fourth-order valence-electron chi connectivity index (χ4n) is 4.23. The van der Waals surface area contributed by atoms with Crippen molar-refractivity contribution in [3.63, 3.8) is 0 Å². The van der Waals surface area contributed by atoms with Crippen molar-refractivity contribution in [2.24, 2.45) is 0 Å². The van der Waals surface area contributed by atoms with Crippen LogP contribution in [0.15, 0.2) is 42.0 Å². The molecule has 0 saturated heterocycles. The lowest BCUT2D eigenvalue weighted by atomic mass is 9.99. The standard InChI is InChI=1S/C23H24N2S/c1-4-11-25-15(3)21(18-7-5-6-8-19(18)25)22(16-9-10-16)20-13-17-12-14(2)24-23(17)26-20/h5-8,12-13,24H,4,9-11H2,1-3H3. The Balaban J connectivity index is 1.78. The predicted molar refractivity (Wildman–Crippen MR) is 113 cm³/mol. The number of rotatable bonds is 4. The minimum absolute atomic E-state index is 1.08. The second-order valence-electron chi connectivity index (χ2n) is 7.46. The summed E-state index contributed by atoms with van der Waals surface area (Å²) >= 11 is 1.91. The molecule has 0 amide bonds. The Morgan fingerprint density at radius 1 is 1.15 bits per heavy atom. The van der Waals surface area contributed by atoms with Gasteiger partial charge in [-0.05, 0) is 51.3 Å². The minimum atomic E-state index is 1.08. The van der Waals surface area contributed by atoms with E-state index in [1.807, 2.05) is 11.3 Å². The maximum atomic E-state index is 3.51. The lowest BCUT2D eigenvalue weighted by Gasteiger charge is -2.09. The normalized spacial score (nSPS) is 13.9. The fraction of sp³-hybridized carbons (Fsp3) is 0.304. The van der Waals surface area contributed by atoms with Crippen molar-refractivity contribution in [2.75, 3.05) is 0 Å². The molecule has 1 aromatic carbocycles. The van der Waals surface area contributed by atoms with Crippen molar-refractivity contribution >= 4 is 38.0 Å². The summed E-state index contributed by atoms with van der Waals surface area (Å²) in [5, 5.41) is 2.75. The van der Waals surface area contributed by atoms with Gasteiger partial charge in [-0.2, -0.15) is 0 Å². The Morgan fingerprint density at radius 3 is 2.69 bits per heavy atom. The van der Waals surface area contributed by atoms with Gasteiger partial charge in [-0.1, -0.05) is 30.7 Å². The molecule has 0 bridgehead atoms. The van der Waals surface area contributed by atoms with Crippen LogP contribution in [-0.4, -0.2) is 9.55 Å². The van der Waals surface area contributed by atoms with Crippen LogP contribution in [0.1, 0.15) is 48.0 Å². The van der Waals surface area contributed by atoms with Crippen molar-refractivity contribution in [2.45, 2.75) is 46.6 Å². The minimum Gasteiger partial charge on any atom is -0.350 e. The van der Waals surface area contributed by atoms with E-state index < -0.39 is 0 Å². The van der Waals surface area contributed by atoms with Crippen LogP contribution in [0.5, 0.6) is 0 Å². The van der Waals surface area contributed by atoms with Crippen molar-refractivity contribution < 1.29 is 0 Å². The third-order valence-electron chi connectivity index (χ3n) is 5.47. The molecule has 1 N–H and O–H groups in total. The van der Waals surface area contributed by atoms with E-state index in [4.69, 9.17) is 0 Å². The first-order valence-electron chi connectivity index (χ1n) is 9.57. The summed E-state index contributed by atoms with van der Waals surface area (Å²) in [6.45, 7) is 7.78. The zero-order valence-electron chi connectivity index (χ0n) is 15.6. The largest absolute Gasteiger partial charge is 0.350 e. The highest BCUT2D eigenvalue weighted by atomic mass is 32.1. The summed E-state index contributed by atoms with van der Waals surface area (Å²) in [6.07, 6.45) is 3.64. The molecule has 5 rings (SSSR count). The van der Waals surface area contributed by atoms with Gasteiger partial charge in [-0.25, -0.2) is 0 Å².